The van der Waals surface area contributed by atoms with Gasteiger partial charge in [-0.1, -0.05) is 12.1 Å². The number of carbonyl (C=O) groups is 2. The SMILES string of the molecule is CN=C(NCCCCN1C(=O)c2ccccc2C1=O)NC1CC2CCC1O2.I. The first-order valence-electron chi connectivity index (χ1n) is 9.75. The molecule has 2 bridgehead atoms. The first-order valence-corrected chi connectivity index (χ1v) is 9.75. The molecule has 2 fully saturated rings. The molecular weight excluding hydrogens is 471 g/mol. The Balaban J connectivity index is 0.00000225. The number of amides is 2. The van der Waals surface area contributed by atoms with Crippen LogP contribution < -0.4 is 10.6 Å². The number of imide groups is 1. The van der Waals surface area contributed by atoms with Crippen molar-refractivity contribution in [3.8, 4) is 0 Å². The van der Waals surface area contributed by atoms with Crippen molar-refractivity contribution in [2.75, 3.05) is 20.1 Å². The molecule has 0 aliphatic carbocycles. The number of rotatable bonds is 6. The summed E-state index contributed by atoms with van der Waals surface area (Å²) in [6.45, 7) is 1.19. The quantitative estimate of drug-likeness (QED) is 0.207. The largest absolute Gasteiger partial charge is 0.373 e. The molecule has 7 nitrogen and oxygen atoms in total. The fourth-order valence-corrected chi connectivity index (χ4v) is 4.20. The maximum absolute atomic E-state index is 12.3. The Morgan fingerprint density at radius 1 is 1.18 bits per heavy atom. The minimum absolute atomic E-state index is 0. The Hall–Kier alpha value is -1.68. The lowest BCUT2D eigenvalue weighted by molar-refractivity contribution is 0.0652. The number of hydrogen-bond donors (Lipinski definition) is 2. The smallest absolute Gasteiger partial charge is 0.261 e. The number of ether oxygens (including phenoxy) is 1. The van der Waals surface area contributed by atoms with Gasteiger partial charge in [0.2, 0.25) is 0 Å². The van der Waals surface area contributed by atoms with Crippen molar-refractivity contribution in [3.63, 3.8) is 0 Å². The third kappa shape index (κ3) is 4.17. The summed E-state index contributed by atoms with van der Waals surface area (Å²) < 4.78 is 5.86. The molecule has 8 heteroatoms. The molecule has 152 valence electrons. The van der Waals surface area contributed by atoms with Crippen LogP contribution in [0.2, 0.25) is 0 Å². The number of aliphatic imine (C=N–C) groups is 1. The molecule has 0 spiro atoms. The van der Waals surface area contributed by atoms with Gasteiger partial charge in [0.05, 0.1) is 29.4 Å². The van der Waals surface area contributed by atoms with Crippen LogP contribution in [0.5, 0.6) is 0 Å². The van der Waals surface area contributed by atoms with E-state index in [0.717, 1.165) is 38.2 Å². The van der Waals surface area contributed by atoms with Gasteiger partial charge in [0.25, 0.3) is 11.8 Å². The van der Waals surface area contributed by atoms with E-state index in [9.17, 15) is 9.59 Å². The molecule has 28 heavy (non-hydrogen) atoms. The van der Waals surface area contributed by atoms with Crippen LogP contribution >= 0.6 is 24.0 Å². The van der Waals surface area contributed by atoms with Crippen molar-refractivity contribution >= 4 is 41.8 Å². The number of halogens is 1. The van der Waals surface area contributed by atoms with E-state index in [-0.39, 0.29) is 35.8 Å². The molecule has 3 atom stereocenters. The van der Waals surface area contributed by atoms with Crippen LogP contribution in [-0.2, 0) is 4.74 Å². The van der Waals surface area contributed by atoms with Crippen LogP contribution in [0, 0.1) is 0 Å². The summed E-state index contributed by atoms with van der Waals surface area (Å²) >= 11 is 0. The zero-order valence-electron chi connectivity index (χ0n) is 16.0. The number of benzene rings is 1. The number of fused-ring (bicyclic) bond motifs is 3. The monoisotopic (exact) mass is 498 g/mol. The van der Waals surface area contributed by atoms with E-state index >= 15 is 0 Å². The third-order valence-electron chi connectivity index (χ3n) is 5.63. The van der Waals surface area contributed by atoms with Crippen LogP contribution in [0.4, 0.5) is 0 Å². The van der Waals surface area contributed by atoms with Crippen molar-refractivity contribution in [2.24, 2.45) is 4.99 Å². The van der Waals surface area contributed by atoms with Crippen LogP contribution in [-0.4, -0.2) is 61.1 Å². The van der Waals surface area contributed by atoms with Crippen molar-refractivity contribution < 1.29 is 14.3 Å². The Kier molecular flexibility index (Phi) is 6.92. The molecule has 0 aromatic heterocycles. The predicted molar refractivity (Wildman–Crippen MR) is 117 cm³/mol. The second-order valence-electron chi connectivity index (χ2n) is 7.37. The Bertz CT molecular complexity index is 735. The molecule has 3 aliphatic heterocycles. The number of nitrogens with one attached hydrogen (secondary N) is 2. The summed E-state index contributed by atoms with van der Waals surface area (Å²) in [5.74, 6) is 0.423. The van der Waals surface area contributed by atoms with Crippen molar-refractivity contribution in [2.45, 2.75) is 50.4 Å². The van der Waals surface area contributed by atoms with Gasteiger partial charge < -0.3 is 15.4 Å². The van der Waals surface area contributed by atoms with E-state index < -0.39 is 0 Å². The van der Waals surface area contributed by atoms with Gasteiger partial charge in [-0.3, -0.25) is 19.5 Å². The summed E-state index contributed by atoms with van der Waals surface area (Å²) in [6, 6.07) is 7.35. The first kappa shape index (κ1) is 21.0. The van der Waals surface area contributed by atoms with E-state index in [1.54, 1.807) is 31.3 Å². The summed E-state index contributed by atoms with van der Waals surface area (Å²) in [7, 11) is 1.77. The van der Waals surface area contributed by atoms with Crippen molar-refractivity contribution in [3.05, 3.63) is 35.4 Å². The van der Waals surface area contributed by atoms with Crippen LogP contribution in [0.15, 0.2) is 29.3 Å². The number of nitrogens with zero attached hydrogens (tertiary/aromatic N) is 2. The lowest BCUT2D eigenvalue weighted by Crippen LogP contribution is -2.47. The molecule has 2 saturated heterocycles. The van der Waals surface area contributed by atoms with E-state index in [0.29, 0.717) is 35.9 Å². The summed E-state index contributed by atoms with van der Waals surface area (Å²) in [5, 5.41) is 6.77. The molecule has 3 heterocycles. The van der Waals surface area contributed by atoms with Gasteiger partial charge in [0.1, 0.15) is 0 Å². The number of hydrogen-bond acceptors (Lipinski definition) is 4. The zero-order valence-corrected chi connectivity index (χ0v) is 18.3. The average Bonchev–Trinajstić information content (AvgIpc) is 3.37. The van der Waals surface area contributed by atoms with Crippen LogP contribution in [0.1, 0.15) is 52.8 Å². The molecule has 3 unspecified atom stereocenters. The summed E-state index contributed by atoms with van der Waals surface area (Å²) in [4.78, 5) is 30.3. The van der Waals surface area contributed by atoms with Gasteiger partial charge in [0.15, 0.2) is 5.96 Å². The number of carbonyl (C=O) groups excluding carboxylic acids is 2. The fourth-order valence-electron chi connectivity index (χ4n) is 4.20. The van der Waals surface area contributed by atoms with E-state index in [1.807, 2.05) is 0 Å². The molecule has 2 N–H and O–H groups in total. The van der Waals surface area contributed by atoms with Gasteiger partial charge in [0, 0.05) is 20.1 Å². The van der Waals surface area contributed by atoms with Gasteiger partial charge >= 0.3 is 0 Å². The molecule has 1 aromatic rings. The Morgan fingerprint density at radius 2 is 1.89 bits per heavy atom. The zero-order chi connectivity index (χ0) is 18.8. The standard InChI is InChI=1S/C20H26N4O3.HI/c1-21-20(23-16-12-13-8-9-17(16)27-13)22-10-4-5-11-24-18(25)14-6-2-3-7-15(14)19(24)26;/h2-3,6-7,13,16-17H,4-5,8-12H2,1H3,(H2,21,22,23);1H. The van der Waals surface area contributed by atoms with Gasteiger partial charge in [-0.2, -0.15) is 0 Å². The van der Waals surface area contributed by atoms with Crippen LogP contribution in [0.25, 0.3) is 0 Å². The summed E-state index contributed by atoms with van der Waals surface area (Å²) in [6.07, 6.45) is 5.67. The highest BCUT2D eigenvalue weighted by atomic mass is 127. The first-order chi connectivity index (χ1) is 13.2. The maximum atomic E-state index is 12.3. The molecular formula is C20H27IN4O3. The Labute approximate surface area is 182 Å². The molecule has 1 aromatic carbocycles. The van der Waals surface area contributed by atoms with Gasteiger partial charge in [-0.25, -0.2) is 0 Å². The molecule has 0 radical (unpaired) electrons. The molecule has 3 aliphatic rings. The van der Waals surface area contributed by atoms with Crippen LogP contribution in [0.3, 0.4) is 0 Å². The van der Waals surface area contributed by atoms with Crippen molar-refractivity contribution in [1.82, 2.24) is 15.5 Å². The van der Waals surface area contributed by atoms with E-state index in [4.69, 9.17) is 4.74 Å². The lowest BCUT2D eigenvalue weighted by atomic mass is 9.96. The fraction of sp³-hybridized carbons (Fsp3) is 0.550. The number of unbranched alkanes of at least 4 members (excludes halogenated alkanes) is 1. The van der Waals surface area contributed by atoms with Gasteiger partial charge in [-0.05, 0) is 44.2 Å². The molecule has 4 rings (SSSR count). The number of guanidine groups is 1. The van der Waals surface area contributed by atoms with E-state index in [2.05, 4.69) is 15.6 Å². The second-order valence-corrected chi connectivity index (χ2v) is 7.37. The highest BCUT2D eigenvalue weighted by molar-refractivity contribution is 14.0. The average molecular weight is 498 g/mol. The lowest BCUT2D eigenvalue weighted by Gasteiger charge is -2.22. The molecule has 2 amide bonds. The summed E-state index contributed by atoms with van der Waals surface area (Å²) in [5.41, 5.74) is 1.02. The van der Waals surface area contributed by atoms with Crippen molar-refractivity contribution in [1.29, 1.82) is 0 Å². The predicted octanol–water partition coefficient (Wildman–Crippen LogP) is 2.17. The highest BCUT2D eigenvalue weighted by Gasteiger charge is 2.41. The minimum atomic E-state index is -0.183. The van der Waals surface area contributed by atoms with E-state index in [1.165, 1.54) is 11.3 Å². The third-order valence-corrected chi connectivity index (χ3v) is 5.63. The topological polar surface area (TPSA) is 83.0 Å². The normalized spacial score (nSPS) is 25.7. The second kappa shape index (κ2) is 9.21. The maximum Gasteiger partial charge on any atom is 0.261 e. The molecule has 0 saturated carbocycles. The highest BCUT2D eigenvalue weighted by Crippen LogP contribution is 2.34. The Morgan fingerprint density at radius 3 is 2.46 bits per heavy atom. The van der Waals surface area contributed by atoms with Gasteiger partial charge in [-0.15, -0.1) is 24.0 Å². The minimum Gasteiger partial charge on any atom is -0.373 e.